The van der Waals surface area contributed by atoms with Crippen LogP contribution < -0.4 is 0 Å². The summed E-state index contributed by atoms with van der Waals surface area (Å²) >= 11 is 3.48. The molecule has 2 aromatic carbocycles. The quantitative estimate of drug-likeness (QED) is 0.472. The van der Waals surface area contributed by atoms with Gasteiger partial charge in [0, 0.05) is 22.4 Å². The number of hydrogen-bond acceptors (Lipinski definition) is 1. The SMILES string of the molecule is Brc1ccc2nc(-c3ccc(-c4ccccc4)cc3)cn2c1. The van der Waals surface area contributed by atoms with Crippen molar-refractivity contribution in [3.05, 3.63) is 83.6 Å². The van der Waals surface area contributed by atoms with Crippen LogP contribution in [0, 0.1) is 0 Å². The minimum absolute atomic E-state index is 0.949. The minimum Gasteiger partial charge on any atom is -0.305 e. The van der Waals surface area contributed by atoms with Crippen LogP contribution in [0.1, 0.15) is 0 Å². The third-order valence-electron chi connectivity index (χ3n) is 3.70. The Morgan fingerprint density at radius 2 is 1.36 bits per heavy atom. The third-order valence-corrected chi connectivity index (χ3v) is 4.17. The van der Waals surface area contributed by atoms with Crippen LogP contribution in [0.3, 0.4) is 0 Å². The van der Waals surface area contributed by atoms with Crippen molar-refractivity contribution in [1.29, 1.82) is 0 Å². The first kappa shape index (κ1) is 13.3. The molecule has 0 aliphatic carbocycles. The van der Waals surface area contributed by atoms with Gasteiger partial charge in [-0.3, -0.25) is 0 Å². The number of aromatic nitrogens is 2. The second-order valence-electron chi connectivity index (χ2n) is 5.18. The molecule has 0 saturated heterocycles. The van der Waals surface area contributed by atoms with Gasteiger partial charge in [-0.2, -0.15) is 0 Å². The van der Waals surface area contributed by atoms with E-state index in [1.807, 2.05) is 28.8 Å². The molecule has 0 aliphatic heterocycles. The van der Waals surface area contributed by atoms with E-state index in [1.54, 1.807) is 0 Å². The average molecular weight is 349 g/mol. The van der Waals surface area contributed by atoms with Crippen LogP contribution >= 0.6 is 15.9 Å². The fourth-order valence-corrected chi connectivity index (χ4v) is 2.92. The lowest BCUT2D eigenvalue weighted by Gasteiger charge is -2.02. The smallest absolute Gasteiger partial charge is 0.137 e. The second kappa shape index (κ2) is 5.43. The molecule has 0 saturated carbocycles. The molecule has 2 heterocycles. The van der Waals surface area contributed by atoms with E-state index in [4.69, 9.17) is 0 Å². The average Bonchev–Trinajstić information content (AvgIpc) is 2.99. The molecular formula is C19H13BrN2. The molecule has 2 aromatic heterocycles. The van der Waals surface area contributed by atoms with E-state index in [9.17, 15) is 0 Å². The Morgan fingerprint density at radius 3 is 2.14 bits per heavy atom. The maximum absolute atomic E-state index is 4.67. The lowest BCUT2D eigenvalue weighted by atomic mass is 10.0. The van der Waals surface area contributed by atoms with Crippen molar-refractivity contribution in [2.75, 3.05) is 0 Å². The van der Waals surface area contributed by atoms with E-state index in [-0.39, 0.29) is 0 Å². The van der Waals surface area contributed by atoms with Gasteiger partial charge < -0.3 is 4.40 Å². The van der Waals surface area contributed by atoms with Crippen LogP contribution in [0.5, 0.6) is 0 Å². The summed E-state index contributed by atoms with van der Waals surface area (Å²) in [5.74, 6) is 0. The van der Waals surface area contributed by atoms with E-state index in [1.165, 1.54) is 11.1 Å². The molecule has 4 aromatic rings. The van der Waals surface area contributed by atoms with E-state index in [0.717, 1.165) is 21.4 Å². The number of hydrogen-bond donors (Lipinski definition) is 0. The molecular weight excluding hydrogens is 336 g/mol. The summed E-state index contributed by atoms with van der Waals surface area (Å²) in [4.78, 5) is 4.67. The first-order valence-corrected chi connectivity index (χ1v) is 7.89. The zero-order valence-electron chi connectivity index (χ0n) is 11.8. The van der Waals surface area contributed by atoms with E-state index < -0.39 is 0 Å². The summed E-state index contributed by atoms with van der Waals surface area (Å²) in [5, 5.41) is 0. The van der Waals surface area contributed by atoms with Gasteiger partial charge in [0.05, 0.1) is 5.69 Å². The van der Waals surface area contributed by atoms with Crippen molar-refractivity contribution in [2.45, 2.75) is 0 Å². The number of halogens is 1. The van der Waals surface area contributed by atoms with Crippen molar-refractivity contribution < 1.29 is 0 Å². The molecule has 2 nitrogen and oxygen atoms in total. The van der Waals surface area contributed by atoms with Gasteiger partial charge in [-0.1, -0.05) is 54.6 Å². The van der Waals surface area contributed by atoms with Crippen LogP contribution in [0.25, 0.3) is 28.0 Å². The van der Waals surface area contributed by atoms with Gasteiger partial charge in [-0.05, 0) is 39.2 Å². The normalized spacial score (nSPS) is 11.0. The van der Waals surface area contributed by atoms with Gasteiger partial charge in [0.2, 0.25) is 0 Å². The predicted octanol–water partition coefficient (Wildman–Crippen LogP) is 5.43. The van der Waals surface area contributed by atoms with E-state index in [2.05, 4.69) is 75.6 Å². The molecule has 0 unspecified atom stereocenters. The summed E-state index contributed by atoms with van der Waals surface area (Å²) in [6, 6.07) is 22.9. The Hall–Kier alpha value is -2.39. The van der Waals surface area contributed by atoms with Crippen LogP contribution in [-0.4, -0.2) is 9.38 Å². The Morgan fingerprint density at radius 1 is 0.682 bits per heavy atom. The number of imidazole rings is 1. The van der Waals surface area contributed by atoms with Crippen molar-refractivity contribution in [2.24, 2.45) is 0 Å². The maximum atomic E-state index is 4.67. The highest BCUT2D eigenvalue weighted by Gasteiger charge is 2.05. The fourth-order valence-electron chi connectivity index (χ4n) is 2.57. The zero-order valence-corrected chi connectivity index (χ0v) is 13.4. The van der Waals surface area contributed by atoms with Crippen LogP contribution in [0.2, 0.25) is 0 Å². The summed E-state index contributed by atoms with van der Waals surface area (Å²) < 4.78 is 3.08. The van der Waals surface area contributed by atoms with Gasteiger partial charge in [0.1, 0.15) is 5.65 Å². The van der Waals surface area contributed by atoms with Crippen molar-refractivity contribution >= 4 is 21.6 Å². The maximum Gasteiger partial charge on any atom is 0.137 e. The molecule has 0 spiro atoms. The standard InChI is InChI=1S/C19H13BrN2/c20-17-10-11-19-21-18(13-22(19)12-17)16-8-6-15(7-9-16)14-4-2-1-3-5-14/h1-13H. The highest BCUT2D eigenvalue weighted by atomic mass is 79.9. The van der Waals surface area contributed by atoms with Gasteiger partial charge in [-0.15, -0.1) is 0 Å². The van der Waals surface area contributed by atoms with Crippen LogP contribution in [-0.2, 0) is 0 Å². The molecule has 4 rings (SSSR count). The van der Waals surface area contributed by atoms with E-state index >= 15 is 0 Å². The molecule has 0 bridgehead atoms. The number of nitrogens with zero attached hydrogens (tertiary/aromatic N) is 2. The van der Waals surface area contributed by atoms with Gasteiger partial charge in [-0.25, -0.2) is 4.98 Å². The first-order chi connectivity index (χ1) is 10.8. The monoisotopic (exact) mass is 348 g/mol. The highest BCUT2D eigenvalue weighted by Crippen LogP contribution is 2.25. The van der Waals surface area contributed by atoms with Crippen LogP contribution in [0.15, 0.2) is 83.6 Å². The molecule has 0 amide bonds. The Kier molecular flexibility index (Phi) is 3.28. The number of fused-ring (bicyclic) bond motifs is 1. The van der Waals surface area contributed by atoms with Gasteiger partial charge in [0.15, 0.2) is 0 Å². The Bertz CT molecular complexity index is 925. The Balaban J connectivity index is 1.73. The minimum atomic E-state index is 0.949. The first-order valence-electron chi connectivity index (χ1n) is 7.10. The number of benzene rings is 2. The predicted molar refractivity (Wildman–Crippen MR) is 93.8 cm³/mol. The van der Waals surface area contributed by atoms with Crippen LogP contribution in [0.4, 0.5) is 0 Å². The van der Waals surface area contributed by atoms with Crippen molar-refractivity contribution in [3.63, 3.8) is 0 Å². The molecule has 3 heteroatoms. The zero-order chi connectivity index (χ0) is 14.9. The van der Waals surface area contributed by atoms with Gasteiger partial charge in [0.25, 0.3) is 0 Å². The molecule has 0 fully saturated rings. The van der Waals surface area contributed by atoms with Gasteiger partial charge >= 0.3 is 0 Å². The summed E-state index contributed by atoms with van der Waals surface area (Å²) in [7, 11) is 0. The second-order valence-corrected chi connectivity index (χ2v) is 6.10. The molecule has 0 N–H and O–H groups in total. The molecule has 22 heavy (non-hydrogen) atoms. The summed E-state index contributed by atoms with van der Waals surface area (Å²) in [5.41, 5.74) is 5.51. The fraction of sp³-hybridized carbons (Fsp3) is 0. The lowest BCUT2D eigenvalue weighted by molar-refractivity contribution is 1.17. The molecule has 0 radical (unpaired) electrons. The van der Waals surface area contributed by atoms with Crippen molar-refractivity contribution in [1.82, 2.24) is 9.38 Å². The number of pyridine rings is 1. The van der Waals surface area contributed by atoms with E-state index in [0.29, 0.717) is 0 Å². The molecule has 0 aliphatic rings. The molecule has 0 atom stereocenters. The largest absolute Gasteiger partial charge is 0.305 e. The highest BCUT2D eigenvalue weighted by molar-refractivity contribution is 9.10. The number of rotatable bonds is 2. The summed E-state index contributed by atoms with van der Waals surface area (Å²) in [6.45, 7) is 0. The summed E-state index contributed by atoms with van der Waals surface area (Å²) in [6.07, 6.45) is 4.07. The molecule has 106 valence electrons. The van der Waals surface area contributed by atoms with Crippen molar-refractivity contribution in [3.8, 4) is 22.4 Å². The third kappa shape index (κ3) is 2.44. The Labute approximate surface area is 137 Å². The lowest BCUT2D eigenvalue weighted by Crippen LogP contribution is -1.80. The topological polar surface area (TPSA) is 17.3 Å².